The molecule has 0 radical (unpaired) electrons. The maximum Gasteiger partial charge on any atom is 0.253 e. The van der Waals surface area contributed by atoms with Crippen LogP contribution in [0.15, 0.2) is 23.1 Å². The molecule has 23 heavy (non-hydrogen) atoms. The predicted octanol–water partition coefficient (Wildman–Crippen LogP) is 2.28. The molecule has 0 unspecified atom stereocenters. The largest absolute Gasteiger partial charge is 0.339 e. The third-order valence-corrected chi connectivity index (χ3v) is 5.80. The molecule has 1 amide bonds. The number of halogens is 1. The zero-order valence-electron chi connectivity index (χ0n) is 12.9. The van der Waals surface area contributed by atoms with Gasteiger partial charge < -0.3 is 4.90 Å². The van der Waals surface area contributed by atoms with Gasteiger partial charge in [0.1, 0.15) is 10.7 Å². The second kappa shape index (κ2) is 6.57. The molecule has 0 bridgehead atoms. The quantitative estimate of drug-likeness (QED) is 0.914. The average Bonchev–Trinajstić information content (AvgIpc) is 3.33. The van der Waals surface area contributed by atoms with Crippen LogP contribution in [0.1, 0.15) is 48.9 Å². The van der Waals surface area contributed by atoms with Gasteiger partial charge in [0.05, 0.1) is 0 Å². The van der Waals surface area contributed by atoms with Gasteiger partial charge in [-0.2, -0.15) is 0 Å². The number of carbonyl (C=O) groups excluding carboxylic acids is 1. The Hall–Kier alpha value is -1.47. The normalized spacial score (nSPS) is 19.4. The number of hydrogen-bond acceptors (Lipinski definition) is 3. The summed E-state index contributed by atoms with van der Waals surface area (Å²) >= 11 is 0. The highest BCUT2D eigenvalue weighted by Crippen LogP contribution is 2.24. The summed E-state index contributed by atoms with van der Waals surface area (Å²) in [7, 11) is -3.92. The van der Waals surface area contributed by atoms with Crippen molar-refractivity contribution in [3.63, 3.8) is 0 Å². The lowest BCUT2D eigenvalue weighted by Gasteiger charge is -2.20. The van der Waals surface area contributed by atoms with Crippen molar-refractivity contribution in [2.24, 2.45) is 0 Å². The molecular weight excluding hydrogens is 319 g/mol. The van der Waals surface area contributed by atoms with E-state index in [1.807, 2.05) is 0 Å². The first kappa shape index (κ1) is 16.4. The Kier molecular flexibility index (Phi) is 4.68. The Bertz CT molecular complexity index is 693. The third-order valence-electron chi connectivity index (χ3n) is 4.26. The van der Waals surface area contributed by atoms with Gasteiger partial charge in [-0.3, -0.25) is 4.79 Å². The number of nitrogens with zero attached hydrogens (tertiary/aromatic N) is 1. The molecule has 3 rings (SSSR count). The minimum Gasteiger partial charge on any atom is -0.339 e. The van der Waals surface area contributed by atoms with Crippen molar-refractivity contribution in [3.8, 4) is 0 Å². The van der Waals surface area contributed by atoms with Crippen LogP contribution in [-0.2, 0) is 10.0 Å². The molecule has 1 aliphatic carbocycles. The highest BCUT2D eigenvalue weighted by molar-refractivity contribution is 7.89. The molecule has 1 heterocycles. The SMILES string of the molecule is O=C(c1ccc(F)c(S(=O)(=O)NC2CC2)c1)N1CCCCCC1. The molecule has 2 aliphatic rings. The number of rotatable bonds is 4. The Labute approximate surface area is 135 Å². The molecule has 126 valence electrons. The van der Waals surface area contributed by atoms with Crippen LogP contribution in [0.4, 0.5) is 4.39 Å². The zero-order chi connectivity index (χ0) is 16.4. The molecule has 1 aromatic carbocycles. The number of benzene rings is 1. The fourth-order valence-electron chi connectivity index (χ4n) is 2.78. The second-order valence-electron chi connectivity index (χ2n) is 6.25. The number of likely N-dealkylation sites (tertiary alicyclic amines) is 1. The van der Waals surface area contributed by atoms with E-state index in [0.717, 1.165) is 50.7 Å². The van der Waals surface area contributed by atoms with Crippen LogP contribution in [0.2, 0.25) is 0 Å². The van der Waals surface area contributed by atoms with E-state index >= 15 is 0 Å². The van der Waals surface area contributed by atoms with Crippen molar-refractivity contribution in [1.29, 1.82) is 0 Å². The van der Waals surface area contributed by atoms with Crippen molar-refractivity contribution in [2.45, 2.75) is 49.5 Å². The minimum absolute atomic E-state index is 0.107. The molecule has 0 aromatic heterocycles. The van der Waals surface area contributed by atoms with Crippen molar-refractivity contribution in [2.75, 3.05) is 13.1 Å². The summed E-state index contributed by atoms with van der Waals surface area (Å²) in [5.41, 5.74) is 0.226. The number of carbonyl (C=O) groups is 1. The number of sulfonamides is 1. The summed E-state index contributed by atoms with van der Waals surface area (Å²) in [5, 5.41) is 0. The predicted molar refractivity (Wildman–Crippen MR) is 84.1 cm³/mol. The van der Waals surface area contributed by atoms with E-state index in [1.54, 1.807) is 4.90 Å². The molecule has 1 aromatic rings. The number of nitrogens with one attached hydrogen (secondary N) is 1. The third kappa shape index (κ3) is 3.90. The molecule has 1 saturated heterocycles. The lowest BCUT2D eigenvalue weighted by molar-refractivity contribution is 0.0761. The van der Waals surface area contributed by atoms with E-state index in [2.05, 4.69) is 4.72 Å². The van der Waals surface area contributed by atoms with E-state index in [4.69, 9.17) is 0 Å². The Balaban J connectivity index is 1.85. The number of amides is 1. The van der Waals surface area contributed by atoms with Crippen LogP contribution in [-0.4, -0.2) is 38.4 Å². The standard InChI is InChI=1S/C16H21FN2O3S/c17-14-8-5-12(16(20)19-9-3-1-2-4-10-19)11-15(14)23(21,22)18-13-6-7-13/h5,8,11,13,18H,1-4,6-7,9-10H2. The lowest BCUT2D eigenvalue weighted by Crippen LogP contribution is -2.32. The molecule has 7 heteroatoms. The lowest BCUT2D eigenvalue weighted by atomic mass is 10.2. The summed E-state index contributed by atoms with van der Waals surface area (Å²) < 4.78 is 40.9. The molecular formula is C16H21FN2O3S. The van der Waals surface area contributed by atoms with Gasteiger partial charge in [-0.05, 0) is 43.9 Å². The van der Waals surface area contributed by atoms with Gasteiger partial charge in [0.15, 0.2) is 0 Å². The molecule has 5 nitrogen and oxygen atoms in total. The Morgan fingerprint density at radius 1 is 1.13 bits per heavy atom. The summed E-state index contributed by atoms with van der Waals surface area (Å²) in [6, 6.07) is 3.47. The van der Waals surface area contributed by atoms with Gasteiger partial charge in [0, 0.05) is 24.7 Å². The average molecular weight is 340 g/mol. The first-order chi connectivity index (χ1) is 11.0. The minimum atomic E-state index is -3.92. The molecule has 0 spiro atoms. The van der Waals surface area contributed by atoms with Crippen LogP contribution >= 0.6 is 0 Å². The molecule has 0 atom stereocenters. The molecule has 2 fully saturated rings. The first-order valence-corrected chi connectivity index (χ1v) is 9.57. The monoisotopic (exact) mass is 340 g/mol. The topological polar surface area (TPSA) is 66.5 Å². The fraction of sp³-hybridized carbons (Fsp3) is 0.562. The Morgan fingerprint density at radius 2 is 1.78 bits per heavy atom. The van der Waals surface area contributed by atoms with E-state index in [9.17, 15) is 17.6 Å². The zero-order valence-corrected chi connectivity index (χ0v) is 13.7. The van der Waals surface area contributed by atoms with Gasteiger partial charge in [0.2, 0.25) is 10.0 Å². The van der Waals surface area contributed by atoms with Crippen molar-refractivity contribution < 1.29 is 17.6 Å². The van der Waals surface area contributed by atoms with Crippen LogP contribution in [0.25, 0.3) is 0 Å². The van der Waals surface area contributed by atoms with Crippen LogP contribution in [0, 0.1) is 5.82 Å². The summed E-state index contributed by atoms with van der Waals surface area (Å²) in [5.74, 6) is -1.06. The maximum absolute atomic E-state index is 14.0. The van der Waals surface area contributed by atoms with Gasteiger partial charge >= 0.3 is 0 Å². The first-order valence-electron chi connectivity index (χ1n) is 8.08. The fourth-order valence-corrected chi connectivity index (χ4v) is 4.19. The second-order valence-corrected chi connectivity index (χ2v) is 7.93. The van der Waals surface area contributed by atoms with Gasteiger partial charge in [-0.1, -0.05) is 12.8 Å². The summed E-state index contributed by atoms with van der Waals surface area (Å²) in [6.07, 6.45) is 5.62. The maximum atomic E-state index is 14.0. The van der Waals surface area contributed by atoms with Crippen LogP contribution < -0.4 is 4.72 Å². The highest BCUT2D eigenvalue weighted by atomic mass is 32.2. The van der Waals surface area contributed by atoms with Crippen LogP contribution in [0.5, 0.6) is 0 Å². The van der Waals surface area contributed by atoms with E-state index < -0.39 is 20.7 Å². The highest BCUT2D eigenvalue weighted by Gasteiger charge is 2.30. The number of hydrogen-bond donors (Lipinski definition) is 1. The van der Waals surface area contributed by atoms with E-state index in [-0.39, 0.29) is 17.5 Å². The van der Waals surface area contributed by atoms with Crippen molar-refractivity contribution >= 4 is 15.9 Å². The summed E-state index contributed by atoms with van der Waals surface area (Å²) in [4.78, 5) is 13.9. The molecule has 1 N–H and O–H groups in total. The van der Waals surface area contributed by atoms with E-state index in [1.165, 1.54) is 6.07 Å². The van der Waals surface area contributed by atoms with Gasteiger partial charge in [-0.15, -0.1) is 0 Å². The van der Waals surface area contributed by atoms with Gasteiger partial charge in [0.25, 0.3) is 5.91 Å². The molecule has 1 aliphatic heterocycles. The van der Waals surface area contributed by atoms with Crippen molar-refractivity contribution in [3.05, 3.63) is 29.6 Å². The molecule has 1 saturated carbocycles. The van der Waals surface area contributed by atoms with Crippen molar-refractivity contribution in [1.82, 2.24) is 9.62 Å². The van der Waals surface area contributed by atoms with Crippen LogP contribution in [0.3, 0.4) is 0 Å². The smallest absolute Gasteiger partial charge is 0.253 e. The Morgan fingerprint density at radius 3 is 2.39 bits per heavy atom. The van der Waals surface area contributed by atoms with Gasteiger partial charge in [-0.25, -0.2) is 17.5 Å². The summed E-state index contributed by atoms with van der Waals surface area (Å²) in [6.45, 7) is 1.33. The van der Waals surface area contributed by atoms with E-state index in [0.29, 0.717) is 13.1 Å².